The van der Waals surface area contributed by atoms with E-state index in [0.717, 1.165) is 53.5 Å². The minimum Gasteiger partial charge on any atom is -0.487 e. The van der Waals surface area contributed by atoms with Crippen LogP contribution in [0.2, 0.25) is 0 Å². The quantitative estimate of drug-likeness (QED) is 0.356. The zero-order valence-corrected chi connectivity index (χ0v) is 18.1. The summed E-state index contributed by atoms with van der Waals surface area (Å²) in [5.74, 6) is 2.25. The Morgan fingerprint density at radius 3 is 2.38 bits per heavy atom. The molecular formula is C28H27FN2O. The normalized spacial score (nSPS) is 14.6. The average Bonchev–Trinajstić information content (AvgIpc) is 2.84. The molecule has 1 saturated heterocycles. The van der Waals surface area contributed by atoms with Gasteiger partial charge in [0.1, 0.15) is 29.5 Å². The van der Waals surface area contributed by atoms with Gasteiger partial charge >= 0.3 is 0 Å². The Hall–Kier alpha value is -3.40. The third-order valence-corrected chi connectivity index (χ3v) is 6.28. The predicted molar refractivity (Wildman–Crippen MR) is 128 cm³/mol. The molecule has 5 rings (SSSR count). The topological polar surface area (TPSA) is 25.4 Å². The molecule has 0 atom stereocenters. The highest BCUT2D eigenvalue weighted by Crippen LogP contribution is 2.30. The Labute approximate surface area is 188 Å². The predicted octanol–water partition coefficient (Wildman–Crippen LogP) is 6.41. The highest BCUT2D eigenvalue weighted by molar-refractivity contribution is 5.86. The SMILES string of the molecule is Fc1ccc(COc2cccc3ccc(N4CCC(Cc5ccccc5)CC4)nc23)cc1. The fraction of sp³-hybridized carbons (Fsp3) is 0.250. The van der Waals surface area contributed by atoms with E-state index in [9.17, 15) is 4.39 Å². The Balaban J connectivity index is 1.28. The summed E-state index contributed by atoms with van der Waals surface area (Å²) in [6.07, 6.45) is 3.51. The van der Waals surface area contributed by atoms with Gasteiger partial charge in [-0.05, 0) is 66.6 Å². The first kappa shape index (κ1) is 20.5. The second-order valence-corrected chi connectivity index (χ2v) is 8.53. The van der Waals surface area contributed by atoms with E-state index in [2.05, 4.69) is 53.4 Å². The average molecular weight is 427 g/mol. The van der Waals surface area contributed by atoms with Crippen molar-refractivity contribution in [2.45, 2.75) is 25.9 Å². The number of hydrogen-bond acceptors (Lipinski definition) is 3. The lowest BCUT2D eigenvalue weighted by atomic mass is 9.90. The summed E-state index contributed by atoms with van der Waals surface area (Å²) >= 11 is 0. The lowest BCUT2D eigenvalue weighted by molar-refractivity contribution is 0.309. The summed E-state index contributed by atoms with van der Waals surface area (Å²) in [6.45, 7) is 2.43. The van der Waals surface area contributed by atoms with Gasteiger partial charge in [-0.2, -0.15) is 0 Å². The van der Waals surface area contributed by atoms with E-state index >= 15 is 0 Å². The molecule has 0 N–H and O–H groups in total. The van der Waals surface area contributed by atoms with Crippen molar-refractivity contribution in [3.05, 3.63) is 102 Å². The maximum Gasteiger partial charge on any atom is 0.146 e. The zero-order chi connectivity index (χ0) is 21.8. The first-order valence-electron chi connectivity index (χ1n) is 11.3. The summed E-state index contributed by atoms with van der Waals surface area (Å²) in [5.41, 5.74) is 3.23. The van der Waals surface area contributed by atoms with E-state index in [4.69, 9.17) is 9.72 Å². The molecule has 1 fully saturated rings. The molecule has 0 radical (unpaired) electrons. The summed E-state index contributed by atoms with van der Waals surface area (Å²) in [6, 6.07) is 27.4. The van der Waals surface area contributed by atoms with Gasteiger partial charge in [-0.3, -0.25) is 0 Å². The molecule has 0 aliphatic carbocycles. The molecule has 3 aromatic carbocycles. The molecule has 0 spiro atoms. The van der Waals surface area contributed by atoms with Crippen molar-refractivity contribution >= 4 is 16.7 Å². The van der Waals surface area contributed by atoms with Crippen LogP contribution in [0.15, 0.2) is 84.9 Å². The van der Waals surface area contributed by atoms with Crippen LogP contribution in [0.5, 0.6) is 5.75 Å². The van der Waals surface area contributed by atoms with E-state index in [-0.39, 0.29) is 5.82 Å². The van der Waals surface area contributed by atoms with E-state index in [0.29, 0.717) is 6.61 Å². The highest BCUT2D eigenvalue weighted by Gasteiger charge is 2.21. The van der Waals surface area contributed by atoms with Crippen LogP contribution >= 0.6 is 0 Å². The molecular weight excluding hydrogens is 399 g/mol. The minimum atomic E-state index is -0.238. The van der Waals surface area contributed by atoms with Crippen molar-refractivity contribution in [2.75, 3.05) is 18.0 Å². The molecule has 2 heterocycles. The number of hydrogen-bond donors (Lipinski definition) is 0. The van der Waals surface area contributed by atoms with Crippen molar-refractivity contribution in [3.63, 3.8) is 0 Å². The summed E-state index contributed by atoms with van der Waals surface area (Å²) in [4.78, 5) is 7.36. The monoisotopic (exact) mass is 426 g/mol. The molecule has 32 heavy (non-hydrogen) atoms. The lowest BCUT2D eigenvalue weighted by Crippen LogP contribution is -2.34. The molecule has 1 aromatic heterocycles. The molecule has 1 aliphatic heterocycles. The van der Waals surface area contributed by atoms with Crippen molar-refractivity contribution in [1.82, 2.24) is 4.98 Å². The van der Waals surface area contributed by atoms with Crippen molar-refractivity contribution in [2.24, 2.45) is 5.92 Å². The van der Waals surface area contributed by atoms with E-state index in [1.807, 2.05) is 12.1 Å². The van der Waals surface area contributed by atoms with E-state index in [1.54, 1.807) is 12.1 Å². The highest BCUT2D eigenvalue weighted by atomic mass is 19.1. The van der Waals surface area contributed by atoms with Crippen LogP contribution in [0.4, 0.5) is 10.2 Å². The van der Waals surface area contributed by atoms with Gasteiger partial charge in [0.15, 0.2) is 0 Å². The lowest BCUT2D eigenvalue weighted by Gasteiger charge is -2.33. The summed E-state index contributed by atoms with van der Waals surface area (Å²) in [5, 5.41) is 1.06. The number of piperidine rings is 1. The number of ether oxygens (including phenoxy) is 1. The molecule has 0 amide bonds. The summed E-state index contributed by atoms with van der Waals surface area (Å²) < 4.78 is 19.2. The van der Waals surface area contributed by atoms with Gasteiger partial charge in [-0.15, -0.1) is 0 Å². The molecule has 162 valence electrons. The molecule has 0 saturated carbocycles. The van der Waals surface area contributed by atoms with Gasteiger partial charge in [0.25, 0.3) is 0 Å². The van der Waals surface area contributed by atoms with Crippen LogP contribution in [-0.2, 0) is 13.0 Å². The van der Waals surface area contributed by atoms with Crippen LogP contribution in [-0.4, -0.2) is 18.1 Å². The molecule has 0 bridgehead atoms. The Morgan fingerprint density at radius 1 is 0.812 bits per heavy atom. The number of halogens is 1. The van der Waals surface area contributed by atoms with E-state index < -0.39 is 0 Å². The Kier molecular flexibility index (Phi) is 6.02. The van der Waals surface area contributed by atoms with Crippen molar-refractivity contribution in [1.29, 1.82) is 0 Å². The van der Waals surface area contributed by atoms with Crippen LogP contribution in [0.1, 0.15) is 24.0 Å². The maximum absolute atomic E-state index is 13.2. The first-order valence-corrected chi connectivity index (χ1v) is 11.3. The van der Waals surface area contributed by atoms with Gasteiger partial charge in [0, 0.05) is 18.5 Å². The Bertz CT molecular complexity index is 1170. The van der Waals surface area contributed by atoms with Crippen LogP contribution in [0, 0.1) is 11.7 Å². The number of benzene rings is 3. The molecule has 3 nitrogen and oxygen atoms in total. The first-order chi connectivity index (χ1) is 15.7. The van der Waals surface area contributed by atoms with Gasteiger partial charge in [0.2, 0.25) is 0 Å². The molecule has 0 unspecified atom stereocenters. The number of rotatable bonds is 6. The van der Waals surface area contributed by atoms with Gasteiger partial charge in [0.05, 0.1) is 0 Å². The Morgan fingerprint density at radius 2 is 1.59 bits per heavy atom. The van der Waals surface area contributed by atoms with Crippen molar-refractivity contribution in [3.8, 4) is 5.75 Å². The van der Waals surface area contributed by atoms with Crippen LogP contribution in [0.3, 0.4) is 0 Å². The standard InChI is InChI=1S/C28H27FN2O/c29-25-12-9-23(10-13-25)20-32-26-8-4-7-24-11-14-27(30-28(24)26)31-17-15-22(16-18-31)19-21-5-2-1-3-6-21/h1-14,22H,15-20H2. The number of nitrogens with zero attached hydrogens (tertiary/aromatic N) is 2. The smallest absolute Gasteiger partial charge is 0.146 e. The fourth-order valence-electron chi connectivity index (χ4n) is 4.46. The van der Waals surface area contributed by atoms with Crippen molar-refractivity contribution < 1.29 is 9.13 Å². The van der Waals surface area contributed by atoms with Gasteiger partial charge < -0.3 is 9.64 Å². The molecule has 4 heteroatoms. The fourth-order valence-corrected chi connectivity index (χ4v) is 4.46. The third-order valence-electron chi connectivity index (χ3n) is 6.28. The molecule has 4 aromatic rings. The second-order valence-electron chi connectivity index (χ2n) is 8.53. The largest absolute Gasteiger partial charge is 0.487 e. The maximum atomic E-state index is 13.2. The number of pyridine rings is 1. The zero-order valence-electron chi connectivity index (χ0n) is 18.1. The molecule has 1 aliphatic rings. The van der Waals surface area contributed by atoms with Crippen LogP contribution < -0.4 is 9.64 Å². The minimum absolute atomic E-state index is 0.238. The number of fused-ring (bicyclic) bond motifs is 1. The van der Waals surface area contributed by atoms with E-state index in [1.165, 1.54) is 30.5 Å². The van der Waals surface area contributed by atoms with Gasteiger partial charge in [-0.1, -0.05) is 54.6 Å². The van der Waals surface area contributed by atoms with Gasteiger partial charge in [-0.25, -0.2) is 9.37 Å². The van der Waals surface area contributed by atoms with Crippen LogP contribution in [0.25, 0.3) is 10.9 Å². The second kappa shape index (κ2) is 9.39. The number of aromatic nitrogens is 1. The third kappa shape index (κ3) is 4.75. The number of para-hydroxylation sites is 1. The summed E-state index contributed by atoms with van der Waals surface area (Å²) in [7, 11) is 0. The number of anilines is 1.